The molecule has 42 heavy (non-hydrogen) atoms. The van der Waals surface area contributed by atoms with Crippen LogP contribution in [0.3, 0.4) is 0 Å². The average Bonchev–Trinajstić information content (AvgIpc) is 2.91. The third-order valence-corrected chi connectivity index (χ3v) is 7.12. The number of aliphatic carboxylic acids is 2. The Bertz CT molecular complexity index is 1180. The molecule has 0 saturated carbocycles. The Morgan fingerprint density at radius 1 is 0.952 bits per heavy atom. The van der Waals surface area contributed by atoms with E-state index in [1.54, 1.807) is 31.3 Å². The van der Waals surface area contributed by atoms with Crippen LogP contribution in [0, 0.1) is 5.41 Å². The number of nitrogens with zero attached hydrogens (tertiary/aromatic N) is 1. The van der Waals surface area contributed by atoms with Gasteiger partial charge in [0, 0.05) is 36.6 Å². The van der Waals surface area contributed by atoms with Gasteiger partial charge in [-0.3, -0.25) is 24.0 Å². The lowest BCUT2D eigenvalue weighted by Gasteiger charge is -2.38. The van der Waals surface area contributed by atoms with Crippen molar-refractivity contribution in [1.82, 2.24) is 20.9 Å². The third-order valence-electron chi connectivity index (χ3n) is 7.12. The minimum atomic E-state index is -1.37. The number of carboxylic acids is 2. The summed E-state index contributed by atoms with van der Waals surface area (Å²) in [5.41, 5.74) is 0.103. The Balaban J connectivity index is 3.05. The highest BCUT2D eigenvalue weighted by atomic mass is 16.4. The Morgan fingerprint density at radius 3 is 1.98 bits per heavy atom. The van der Waals surface area contributed by atoms with Crippen molar-refractivity contribution >= 4 is 35.9 Å². The number of benzene rings is 1. The molecule has 0 aliphatic heterocycles. The predicted octanol–water partition coefficient (Wildman–Crippen LogP) is 1.73. The van der Waals surface area contributed by atoms with E-state index in [0.29, 0.717) is 5.56 Å². The van der Waals surface area contributed by atoms with E-state index in [-0.39, 0.29) is 18.5 Å². The fourth-order valence-electron chi connectivity index (χ4n) is 4.33. The van der Waals surface area contributed by atoms with Crippen LogP contribution in [-0.4, -0.2) is 89.8 Å². The Hall–Kier alpha value is -4.06. The van der Waals surface area contributed by atoms with E-state index in [1.165, 1.54) is 24.9 Å². The second kappa shape index (κ2) is 15.2. The fourth-order valence-corrected chi connectivity index (χ4v) is 4.33. The molecule has 1 aromatic rings. The van der Waals surface area contributed by atoms with E-state index in [1.807, 2.05) is 34.6 Å². The summed E-state index contributed by atoms with van der Waals surface area (Å²) in [6.07, 6.45) is 1.50. The SMILES string of the molecule is CNC(C(=O)NC(C(=O)N(C)C/C=C(\C)C(=O)NC(CCC(=O)O)C(=O)O)C(C)(C)C)C(C)(C)c1ccc(C=O)cc1. The zero-order valence-corrected chi connectivity index (χ0v) is 25.6. The van der Waals surface area contributed by atoms with E-state index in [4.69, 9.17) is 5.11 Å². The molecule has 0 spiro atoms. The molecule has 3 amide bonds. The van der Waals surface area contributed by atoms with Gasteiger partial charge in [0.1, 0.15) is 18.4 Å². The monoisotopic (exact) mass is 588 g/mol. The topological polar surface area (TPSA) is 182 Å². The summed E-state index contributed by atoms with van der Waals surface area (Å²) in [6, 6.07) is 3.92. The average molecular weight is 589 g/mol. The van der Waals surface area contributed by atoms with Crippen LogP contribution in [0.5, 0.6) is 0 Å². The van der Waals surface area contributed by atoms with Crippen LogP contribution in [0.15, 0.2) is 35.9 Å². The van der Waals surface area contributed by atoms with Crippen molar-refractivity contribution in [3.8, 4) is 0 Å². The van der Waals surface area contributed by atoms with E-state index in [2.05, 4.69) is 16.0 Å². The lowest BCUT2D eigenvalue weighted by Crippen LogP contribution is -2.60. The molecule has 12 nitrogen and oxygen atoms in total. The summed E-state index contributed by atoms with van der Waals surface area (Å²) < 4.78 is 0. The normalized spacial score (nSPS) is 14.2. The van der Waals surface area contributed by atoms with Gasteiger partial charge in [0.05, 0.1) is 6.04 Å². The predicted molar refractivity (Wildman–Crippen MR) is 157 cm³/mol. The highest BCUT2D eigenvalue weighted by molar-refractivity contribution is 5.96. The molecule has 0 aliphatic rings. The molecule has 0 aliphatic carbocycles. The number of hydrogen-bond donors (Lipinski definition) is 5. The van der Waals surface area contributed by atoms with Gasteiger partial charge in [-0.1, -0.05) is 65.0 Å². The molecule has 3 unspecified atom stereocenters. The number of aldehydes is 1. The van der Waals surface area contributed by atoms with Gasteiger partial charge in [-0.25, -0.2) is 4.79 Å². The quantitative estimate of drug-likeness (QED) is 0.150. The van der Waals surface area contributed by atoms with Crippen LogP contribution in [-0.2, 0) is 29.4 Å². The van der Waals surface area contributed by atoms with Crippen LogP contribution < -0.4 is 16.0 Å². The van der Waals surface area contributed by atoms with Crippen LogP contribution in [0.2, 0.25) is 0 Å². The first-order chi connectivity index (χ1) is 19.4. The molecule has 0 aromatic heterocycles. The molecule has 3 atom stereocenters. The van der Waals surface area contributed by atoms with Gasteiger partial charge in [0.15, 0.2) is 0 Å². The minimum absolute atomic E-state index is 0.00255. The lowest BCUT2D eigenvalue weighted by molar-refractivity contribution is -0.142. The van der Waals surface area contributed by atoms with Crippen molar-refractivity contribution in [3.05, 3.63) is 47.0 Å². The first-order valence-electron chi connectivity index (χ1n) is 13.6. The maximum atomic E-state index is 13.6. The van der Waals surface area contributed by atoms with Gasteiger partial charge >= 0.3 is 11.9 Å². The molecule has 5 N–H and O–H groups in total. The summed E-state index contributed by atoms with van der Waals surface area (Å²) >= 11 is 0. The van der Waals surface area contributed by atoms with E-state index >= 15 is 0 Å². The smallest absolute Gasteiger partial charge is 0.326 e. The highest BCUT2D eigenvalue weighted by Gasteiger charge is 2.40. The standard InChI is InChI=1S/C30H44N4O8/c1-18(25(38)32-21(28(41)42)13-14-22(36)37)15-16-34(8)27(40)24(29(2,3)4)33-26(39)23(31-7)30(5,6)20-11-9-19(17-35)10-12-20/h9-12,15,17,21,23-24,31H,13-14,16H2,1-8H3,(H,32,38)(H,33,39)(H,36,37)(H,41,42)/b18-15+. The van der Waals surface area contributed by atoms with Crippen LogP contribution in [0.25, 0.3) is 0 Å². The Kier molecular flexibility index (Phi) is 13.1. The van der Waals surface area contributed by atoms with Crippen molar-refractivity contribution in [3.63, 3.8) is 0 Å². The van der Waals surface area contributed by atoms with E-state index < -0.39 is 65.0 Å². The van der Waals surface area contributed by atoms with Crippen molar-refractivity contribution in [1.29, 1.82) is 0 Å². The second-order valence-electron chi connectivity index (χ2n) is 11.9. The highest BCUT2D eigenvalue weighted by Crippen LogP contribution is 2.29. The van der Waals surface area contributed by atoms with Gasteiger partial charge < -0.3 is 31.1 Å². The van der Waals surface area contributed by atoms with Gasteiger partial charge in [0.25, 0.3) is 0 Å². The first-order valence-corrected chi connectivity index (χ1v) is 13.6. The fraction of sp³-hybridized carbons (Fsp3) is 0.533. The first kappa shape index (κ1) is 36.0. The molecule has 0 bridgehead atoms. The van der Waals surface area contributed by atoms with Gasteiger partial charge in [-0.15, -0.1) is 0 Å². The summed E-state index contributed by atoms with van der Waals surface area (Å²) in [6.45, 7) is 10.7. The summed E-state index contributed by atoms with van der Waals surface area (Å²) in [5.74, 6) is -4.02. The van der Waals surface area contributed by atoms with Crippen LogP contribution in [0.4, 0.5) is 0 Å². The zero-order valence-electron chi connectivity index (χ0n) is 25.6. The van der Waals surface area contributed by atoms with Crippen LogP contribution >= 0.6 is 0 Å². The molecule has 0 radical (unpaired) electrons. The van der Waals surface area contributed by atoms with Gasteiger partial charge in [0.2, 0.25) is 17.7 Å². The number of carbonyl (C=O) groups excluding carboxylic acids is 4. The molecule has 0 saturated heterocycles. The van der Waals surface area contributed by atoms with E-state index in [0.717, 1.165) is 11.8 Å². The molecule has 12 heteroatoms. The number of likely N-dealkylation sites (N-methyl/N-ethyl adjacent to an activating group) is 2. The maximum Gasteiger partial charge on any atom is 0.326 e. The van der Waals surface area contributed by atoms with Crippen molar-refractivity contribution in [2.24, 2.45) is 5.41 Å². The molecule has 1 rings (SSSR count). The second-order valence-corrected chi connectivity index (χ2v) is 11.9. The largest absolute Gasteiger partial charge is 0.481 e. The van der Waals surface area contributed by atoms with Crippen molar-refractivity contribution < 1.29 is 39.0 Å². The maximum absolute atomic E-state index is 13.6. The van der Waals surface area contributed by atoms with Crippen molar-refractivity contribution in [2.45, 2.75) is 77.9 Å². The molecular formula is C30H44N4O8. The number of amides is 3. The number of nitrogens with one attached hydrogen (secondary N) is 3. The number of carbonyl (C=O) groups is 6. The Morgan fingerprint density at radius 2 is 1.52 bits per heavy atom. The zero-order chi connectivity index (χ0) is 32.4. The molecule has 0 fully saturated rings. The molecule has 0 heterocycles. The van der Waals surface area contributed by atoms with E-state index in [9.17, 15) is 33.9 Å². The number of hydrogen-bond acceptors (Lipinski definition) is 7. The van der Waals surface area contributed by atoms with Crippen LogP contribution in [0.1, 0.15) is 70.3 Å². The molecule has 1 aromatic carbocycles. The Labute approximate surface area is 246 Å². The summed E-state index contributed by atoms with van der Waals surface area (Å²) in [7, 11) is 3.18. The van der Waals surface area contributed by atoms with Crippen molar-refractivity contribution in [2.75, 3.05) is 20.6 Å². The molecule has 232 valence electrons. The van der Waals surface area contributed by atoms with Gasteiger partial charge in [-0.05, 0) is 31.4 Å². The lowest BCUT2D eigenvalue weighted by atomic mass is 9.76. The summed E-state index contributed by atoms with van der Waals surface area (Å²) in [4.78, 5) is 74.2. The summed E-state index contributed by atoms with van der Waals surface area (Å²) in [5, 5.41) is 26.3. The molecular weight excluding hydrogens is 544 g/mol. The third kappa shape index (κ3) is 10.1. The van der Waals surface area contributed by atoms with Gasteiger partial charge in [-0.2, -0.15) is 0 Å². The number of rotatable bonds is 15. The number of carboxylic acid groups (broad SMARTS) is 2. The minimum Gasteiger partial charge on any atom is -0.481 e.